The van der Waals surface area contributed by atoms with Crippen LogP contribution in [0, 0.1) is 0 Å². The second kappa shape index (κ2) is 13.2. The Morgan fingerprint density at radius 2 is 1.35 bits per heavy atom. The van der Waals surface area contributed by atoms with E-state index in [4.69, 9.17) is 13.6 Å². The second-order valence-electron chi connectivity index (χ2n) is 15.1. The van der Waals surface area contributed by atoms with Crippen molar-refractivity contribution >= 4 is 39.0 Å². The Morgan fingerprint density at radius 1 is 0.837 bits per heavy atom. The number of imide groups is 1. The number of amides is 2. The molecule has 43 heavy (non-hydrogen) atoms. The van der Waals surface area contributed by atoms with Crippen molar-refractivity contribution in [1.82, 2.24) is 4.90 Å². The smallest absolute Gasteiger partial charge is 0.417 e. The van der Waals surface area contributed by atoms with E-state index in [1.165, 1.54) is 4.90 Å². The van der Waals surface area contributed by atoms with Crippen molar-refractivity contribution in [2.24, 2.45) is 0 Å². The average molecular weight is 624 g/mol. The van der Waals surface area contributed by atoms with Crippen molar-refractivity contribution in [1.29, 1.82) is 0 Å². The lowest BCUT2D eigenvalue weighted by atomic mass is 10.1. The molecule has 3 rings (SSSR count). The lowest BCUT2D eigenvalue weighted by Gasteiger charge is -2.43. The fourth-order valence-corrected chi connectivity index (χ4v) is 11.0. The molecule has 0 saturated carbocycles. The summed E-state index contributed by atoms with van der Waals surface area (Å²) in [7, 11) is -4.77. The van der Waals surface area contributed by atoms with Gasteiger partial charge in [-0.1, -0.05) is 108 Å². The van der Waals surface area contributed by atoms with Crippen molar-refractivity contribution < 1.29 is 23.2 Å². The first-order valence-corrected chi connectivity index (χ1v) is 20.3. The van der Waals surface area contributed by atoms with Gasteiger partial charge in [-0.3, -0.25) is 4.79 Å². The summed E-state index contributed by atoms with van der Waals surface area (Å²) in [5, 5.41) is 2.19. The van der Waals surface area contributed by atoms with Crippen LogP contribution in [-0.2, 0) is 18.4 Å². The molecular formula is C35H53NO5Si2. The van der Waals surface area contributed by atoms with Crippen LogP contribution in [0.15, 0.2) is 72.3 Å². The van der Waals surface area contributed by atoms with Gasteiger partial charge < -0.3 is 13.6 Å². The maximum atomic E-state index is 13.7. The van der Waals surface area contributed by atoms with Gasteiger partial charge in [-0.25, -0.2) is 9.69 Å². The molecule has 0 N–H and O–H groups in total. The highest BCUT2D eigenvalue weighted by Gasteiger charge is 2.52. The molecule has 1 aliphatic rings. The monoisotopic (exact) mass is 623 g/mol. The summed E-state index contributed by atoms with van der Waals surface area (Å²) in [6.45, 7) is 24.0. The molecule has 2 amide bonds. The number of carbonyl (C=O) groups excluding carboxylic acids is 2. The fourth-order valence-electron chi connectivity index (χ4n) is 5.35. The standard InChI is InChI=1S/C35H53NO5Si2/c1-33(2,3)41-32(38)36-28(25-27(31(36)37)19-18-24-39-42(10,11)34(4,5)6)26-40-43(35(7,8)9,29-20-14-12-15-21-29)30-22-16-13-17-23-30/h12-17,19-23,28H,18,24-26H2,1-11H3/b27-19-/t28-/m0/s1. The number of ether oxygens (including phenoxy) is 1. The minimum absolute atomic E-state index is 0.111. The summed E-state index contributed by atoms with van der Waals surface area (Å²) in [6, 6.07) is 20.3. The highest BCUT2D eigenvalue weighted by molar-refractivity contribution is 6.99. The molecular weight excluding hydrogens is 571 g/mol. The van der Waals surface area contributed by atoms with Gasteiger partial charge in [-0.05, 0) is 60.7 Å². The summed E-state index contributed by atoms with van der Waals surface area (Å²) in [6.07, 6.45) is 2.33. The van der Waals surface area contributed by atoms with E-state index in [1.54, 1.807) is 0 Å². The minimum Gasteiger partial charge on any atom is -0.443 e. The van der Waals surface area contributed by atoms with Crippen LogP contribution < -0.4 is 10.4 Å². The number of hydrogen-bond acceptors (Lipinski definition) is 5. The number of rotatable bonds is 9. The zero-order chi connectivity index (χ0) is 32.3. The molecule has 6 nitrogen and oxygen atoms in total. The van der Waals surface area contributed by atoms with Crippen LogP contribution in [0.25, 0.3) is 0 Å². The van der Waals surface area contributed by atoms with Crippen LogP contribution in [0.2, 0.25) is 23.2 Å². The van der Waals surface area contributed by atoms with Crippen LogP contribution in [0.4, 0.5) is 4.79 Å². The largest absolute Gasteiger partial charge is 0.443 e. The summed E-state index contributed by atoms with van der Waals surface area (Å²) < 4.78 is 19.2. The third-order valence-electron chi connectivity index (χ3n) is 8.59. The lowest BCUT2D eigenvalue weighted by Crippen LogP contribution is -2.67. The van der Waals surface area contributed by atoms with Gasteiger partial charge in [0.1, 0.15) is 5.60 Å². The molecule has 2 aromatic carbocycles. The summed E-state index contributed by atoms with van der Waals surface area (Å²) in [4.78, 5) is 28.5. The van der Waals surface area contributed by atoms with Crippen LogP contribution in [-0.4, -0.2) is 58.4 Å². The Kier molecular flexibility index (Phi) is 10.8. The third-order valence-corrected chi connectivity index (χ3v) is 18.1. The molecule has 0 unspecified atom stereocenters. The third kappa shape index (κ3) is 8.15. The van der Waals surface area contributed by atoms with Gasteiger partial charge in [0.25, 0.3) is 14.2 Å². The summed E-state index contributed by atoms with van der Waals surface area (Å²) in [5.41, 5.74) is -0.120. The Balaban J connectivity index is 1.95. The Bertz CT molecular complexity index is 1230. The van der Waals surface area contributed by atoms with Crippen LogP contribution >= 0.6 is 0 Å². The number of benzene rings is 2. The van der Waals surface area contributed by atoms with Gasteiger partial charge in [0.05, 0.1) is 12.6 Å². The van der Waals surface area contributed by atoms with Gasteiger partial charge in [0, 0.05) is 18.6 Å². The van der Waals surface area contributed by atoms with E-state index in [9.17, 15) is 9.59 Å². The molecule has 0 bridgehead atoms. The first-order valence-electron chi connectivity index (χ1n) is 15.4. The van der Waals surface area contributed by atoms with Crippen molar-refractivity contribution in [3.05, 3.63) is 72.3 Å². The van der Waals surface area contributed by atoms with Gasteiger partial charge in [-0.15, -0.1) is 0 Å². The van der Waals surface area contributed by atoms with Gasteiger partial charge >= 0.3 is 6.09 Å². The molecule has 1 fully saturated rings. The Morgan fingerprint density at radius 3 is 1.79 bits per heavy atom. The molecule has 236 valence electrons. The summed E-state index contributed by atoms with van der Waals surface area (Å²) >= 11 is 0. The highest BCUT2D eigenvalue weighted by atomic mass is 28.4. The molecule has 0 aliphatic carbocycles. The maximum absolute atomic E-state index is 13.7. The van der Waals surface area contributed by atoms with Crippen molar-refractivity contribution in [3.8, 4) is 0 Å². The van der Waals surface area contributed by atoms with E-state index < -0.39 is 34.4 Å². The average Bonchev–Trinajstić information content (AvgIpc) is 3.21. The quantitative estimate of drug-likeness (QED) is 0.165. The number of hydrogen-bond donors (Lipinski definition) is 0. The Labute approximate surface area is 262 Å². The molecule has 0 spiro atoms. The molecule has 0 radical (unpaired) electrons. The van der Waals surface area contributed by atoms with Crippen molar-refractivity contribution in [2.45, 2.75) is 110 Å². The van der Waals surface area contributed by atoms with E-state index in [0.717, 1.165) is 10.4 Å². The number of nitrogens with zero attached hydrogens (tertiary/aromatic N) is 1. The molecule has 2 aromatic rings. The van der Waals surface area contributed by atoms with E-state index >= 15 is 0 Å². The minimum atomic E-state index is -2.87. The maximum Gasteiger partial charge on any atom is 0.417 e. The van der Waals surface area contributed by atoms with Gasteiger partial charge in [0.2, 0.25) is 0 Å². The predicted octanol–water partition coefficient (Wildman–Crippen LogP) is 7.44. The second-order valence-corrected chi connectivity index (χ2v) is 24.2. The first-order chi connectivity index (χ1) is 19.8. The molecule has 1 saturated heterocycles. The highest BCUT2D eigenvalue weighted by Crippen LogP contribution is 2.39. The van der Waals surface area contributed by atoms with Gasteiger partial charge in [0.15, 0.2) is 8.32 Å². The van der Waals surface area contributed by atoms with Crippen LogP contribution in [0.5, 0.6) is 0 Å². The number of likely N-dealkylation sites (tertiary alicyclic amines) is 1. The van der Waals surface area contributed by atoms with Crippen molar-refractivity contribution in [2.75, 3.05) is 13.2 Å². The molecule has 1 heterocycles. The van der Waals surface area contributed by atoms with Crippen molar-refractivity contribution in [3.63, 3.8) is 0 Å². The zero-order valence-corrected chi connectivity index (χ0v) is 30.2. The van der Waals surface area contributed by atoms with E-state index in [2.05, 4.69) is 78.9 Å². The topological polar surface area (TPSA) is 65.1 Å². The summed E-state index contributed by atoms with van der Waals surface area (Å²) in [5.74, 6) is -0.308. The first kappa shape index (κ1) is 35.0. The fraction of sp³-hybridized carbons (Fsp3) is 0.543. The molecule has 8 heteroatoms. The SMILES string of the molecule is CC(C)(C)OC(=O)N1C(=O)/C(=C\CCO[Si](C)(C)C(C)(C)C)C[C@H]1CO[Si](c1ccccc1)(c1ccccc1)C(C)(C)C. The number of carbonyl (C=O) groups is 2. The van der Waals surface area contributed by atoms with Crippen LogP contribution in [0.1, 0.15) is 75.2 Å². The predicted molar refractivity (Wildman–Crippen MR) is 181 cm³/mol. The Hall–Kier alpha value is -2.53. The lowest BCUT2D eigenvalue weighted by molar-refractivity contribution is -0.125. The molecule has 0 aromatic heterocycles. The molecule has 1 aliphatic heterocycles. The van der Waals surface area contributed by atoms with Crippen LogP contribution in [0.3, 0.4) is 0 Å². The normalized spacial score (nSPS) is 17.9. The molecule has 1 atom stereocenters. The van der Waals surface area contributed by atoms with Gasteiger partial charge in [-0.2, -0.15) is 0 Å². The zero-order valence-electron chi connectivity index (χ0n) is 28.2. The van der Waals surface area contributed by atoms with E-state index in [1.807, 2.05) is 63.2 Å². The van der Waals surface area contributed by atoms with E-state index in [0.29, 0.717) is 25.0 Å². The van der Waals surface area contributed by atoms with E-state index in [-0.39, 0.29) is 22.6 Å².